The molecule has 0 aromatic heterocycles. The Labute approximate surface area is 111 Å². The van der Waals surface area contributed by atoms with Crippen LogP contribution in [0.25, 0.3) is 0 Å². The first kappa shape index (κ1) is 13.5. The van der Waals surface area contributed by atoms with Gasteiger partial charge in [0.2, 0.25) is 5.91 Å². The molecule has 0 aliphatic carbocycles. The van der Waals surface area contributed by atoms with Crippen molar-refractivity contribution in [2.45, 2.75) is 25.9 Å². The maximum Gasteiger partial charge on any atom is 0.339 e. The summed E-state index contributed by atoms with van der Waals surface area (Å²) >= 11 is 0. The van der Waals surface area contributed by atoms with Crippen LogP contribution < -0.4 is 4.90 Å². The van der Waals surface area contributed by atoms with E-state index in [4.69, 9.17) is 4.74 Å². The number of amides is 1. The van der Waals surface area contributed by atoms with Crippen LogP contribution >= 0.6 is 0 Å². The number of likely N-dealkylation sites (N-methyl/N-ethyl adjacent to an activating group) is 1. The van der Waals surface area contributed by atoms with Crippen LogP contribution in [-0.2, 0) is 14.3 Å². The van der Waals surface area contributed by atoms with Gasteiger partial charge in [-0.25, -0.2) is 4.79 Å². The molecule has 2 rings (SSSR count). The van der Waals surface area contributed by atoms with E-state index in [1.54, 1.807) is 37.1 Å². The van der Waals surface area contributed by atoms with Crippen LogP contribution in [0.4, 0.5) is 5.69 Å². The third-order valence-electron chi connectivity index (χ3n) is 3.41. The van der Waals surface area contributed by atoms with E-state index in [2.05, 4.69) is 0 Å². The second-order valence-corrected chi connectivity index (χ2v) is 4.59. The zero-order valence-corrected chi connectivity index (χ0v) is 11.2. The fourth-order valence-corrected chi connectivity index (χ4v) is 2.29. The third kappa shape index (κ3) is 2.21. The van der Waals surface area contributed by atoms with E-state index in [-0.39, 0.29) is 18.4 Å². The van der Waals surface area contributed by atoms with Gasteiger partial charge in [-0.05, 0) is 37.1 Å². The van der Waals surface area contributed by atoms with E-state index in [9.17, 15) is 14.7 Å². The van der Waals surface area contributed by atoms with Gasteiger partial charge in [0, 0.05) is 12.7 Å². The van der Waals surface area contributed by atoms with E-state index in [1.807, 2.05) is 6.92 Å². The van der Waals surface area contributed by atoms with Crippen LogP contribution in [0.2, 0.25) is 0 Å². The molecule has 1 heterocycles. The molecule has 1 aliphatic heterocycles. The maximum atomic E-state index is 11.9. The van der Waals surface area contributed by atoms with Crippen molar-refractivity contribution >= 4 is 17.6 Å². The van der Waals surface area contributed by atoms with Crippen LogP contribution in [0.3, 0.4) is 0 Å². The Bertz CT molecular complexity index is 526. The quantitative estimate of drug-likeness (QED) is 0.836. The number of carbonyl (C=O) groups is 2. The molecule has 1 amide bonds. The molecule has 102 valence electrons. The lowest BCUT2D eigenvalue weighted by Gasteiger charge is -2.13. The molecule has 2 unspecified atom stereocenters. The van der Waals surface area contributed by atoms with Crippen molar-refractivity contribution in [2.24, 2.45) is 0 Å². The number of benzene rings is 1. The van der Waals surface area contributed by atoms with Crippen LogP contribution in [-0.4, -0.2) is 30.6 Å². The number of hydrogen-bond acceptors (Lipinski definition) is 4. The van der Waals surface area contributed by atoms with Crippen molar-refractivity contribution in [3.63, 3.8) is 0 Å². The van der Waals surface area contributed by atoms with Gasteiger partial charge >= 0.3 is 5.97 Å². The summed E-state index contributed by atoms with van der Waals surface area (Å²) in [4.78, 5) is 24.9. The molecule has 5 heteroatoms. The van der Waals surface area contributed by atoms with Crippen molar-refractivity contribution < 1.29 is 19.4 Å². The Hall–Kier alpha value is -1.88. The first-order valence-electron chi connectivity index (χ1n) is 6.23. The maximum absolute atomic E-state index is 11.9. The summed E-state index contributed by atoms with van der Waals surface area (Å²) in [6.07, 6.45) is -1.31. The number of fused-ring (bicyclic) bond motifs is 1. The van der Waals surface area contributed by atoms with Crippen molar-refractivity contribution in [3.05, 3.63) is 29.3 Å². The van der Waals surface area contributed by atoms with Gasteiger partial charge in [-0.1, -0.05) is 6.07 Å². The summed E-state index contributed by atoms with van der Waals surface area (Å²) in [6, 6.07) is 5.08. The van der Waals surface area contributed by atoms with Gasteiger partial charge in [0.25, 0.3) is 0 Å². The zero-order chi connectivity index (χ0) is 14.2. The summed E-state index contributed by atoms with van der Waals surface area (Å²) in [6.45, 7) is 3.71. The number of aliphatic hydroxyl groups is 1. The number of hydrogen-bond donors (Lipinski definition) is 1. The van der Waals surface area contributed by atoms with Gasteiger partial charge in [-0.3, -0.25) is 4.79 Å². The monoisotopic (exact) mass is 263 g/mol. The number of carbonyl (C=O) groups excluding carboxylic acids is 2. The molecule has 1 aliphatic rings. The van der Waals surface area contributed by atoms with Gasteiger partial charge in [-0.15, -0.1) is 0 Å². The average molecular weight is 263 g/mol. The van der Waals surface area contributed by atoms with Gasteiger partial charge in [0.1, 0.15) is 0 Å². The summed E-state index contributed by atoms with van der Waals surface area (Å²) in [5, 5.41) is 9.90. The fraction of sp³-hybridized carbons (Fsp3) is 0.429. The van der Waals surface area contributed by atoms with Gasteiger partial charge in [0.15, 0.2) is 6.10 Å². The number of anilines is 1. The molecule has 0 bridgehead atoms. The molecule has 0 saturated carbocycles. The summed E-state index contributed by atoms with van der Waals surface area (Å²) in [5.41, 5.74) is 2.10. The Kier molecular flexibility index (Phi) is 3.57. The average Bonchev–Trinajstić information content (AvgIpc) is 2.63. The Morgan fingerprint density at radius 1 is 1.53 bits per heavy atom. The molecule has 0 fully saturated rings. The van der Waals surface area contributed by atoms with Crippen LogP contribution in [0, 0.1) is 0 Å². The second-order valence-electron chi connectivity index (χ2n) is 4.59. The normalized spacial score (nSPS) is 19.3. The molecule has 0 radical (unpaired) electrons. The van der Waals surface area contributed by atoms with Gasteiger partial charge < -0.3 is 14.7 Å². The van der Waals surface area contributed by atoms with E-state index < -0.39 is 12.1 Å². The summed E-state index contributed by atoms with van der Waals surface area (Å²) in [7, 11) is 1.71. The van der Waals surface area contributed by atoms with Gasteiger partial charge in [0.05, 0.1) is 12.5 Å². The van der Waals surface area contributed by atoms with Crippen LogP contribution in [0.5, 0.6) is 0 Å². The largest absolute Gasteiger partial charge is 0.464 e. The minimum Gasteiger partial charge on any atom is -0.464 e. The van der Waals surface area contributed by atoms with Crippen LogP contribution in [0.15, 0.2) is 18.2 Å². The fourth-order valence-electron chi connectivity index (χ4n) is 2.29. The smallest absolute Gasteiger partial charge is 0.339 e. The van der Waals surface area contributed by atoms with Crippen molar-refractivity contribution in [3.8, 4) is 0 Å². The van der Waals surface area contributed by atoms with E-state index in [0.717, 1.165) is 11.3 Å². The Morgan fingerprint density at radius 2 is 2.21 bits per heavy atom. The van der Waals surface area contributed by atoms with Crippen molar-refractivity contribution in [1.29, 1.82) is 0 Å². The zero-order valence-electron chi connectivity index (χ0n) is 11.2. The highest BCUT2D eigenvalue weighted by Crippen LogP contribution is 2.37. The highest BCUT2D eigenvalue weighted by atomic mass is 16.5. The first-order chi connectivity index (χ1) is 8.97. The lowest BCUT2D eigenvalue weighted by Crippen LogP contribution is -2.22. The molecule has 0 saturated heterocycles. The number of nitrogens with zero attached hydrogens (tertiary/aromatic N) is 1. The minimum absolute atomic E-state index is 0.0118. The molecule has 2 atom stereocenters. The lowest BCUT2D eigenvalue weighted by atomic mass is 9.98. The minimum atomic E-state index is -1.31. The summed E-state index contributed by atoms with van der Waals surface area (Å²) in [5.74, 6) is -0.917. The number of ether oxygens (including phenoxy) is 1. The Balaban J connectivity index is 2.33. The molecule has 5 nitrogen and oxygen atoms in total. The molecule has 19 heavy (non-hydrogen) atoms. The summed E-state index contributed by atoms with van der Waals surface area (Å²) < 4.78 is 4.78. The molecule has 0 spiro atoms. The van der Waals surface area contributed by atoms with Crippen molar-refractivity contribution in [1.82, 2.24) is 0 Å². The predicted molar refractivity (Wildman–Crippen MR) is 69.9 cm³/mol. The number of aliphatic hydroxyl groups excluding tert-OH is 1. The lowest BCUT2D eigenvalue weighted by molar-refractivity contribution is -0.153. The molecule has 1 N–H and O–H groups in total. The Morgan fingerprint density at radius 3 is 2.84 bits per heavy atom. The number of rotatable bonds is 3. The third-order valence-corrected chi connectivity index (χ3v) is 3.41. The first-order valence-corrected chi connectivity index (χ1v) is 6.23. The topological polar surface area (TPSA) is 66.8 Å². The molecular weight excluding hydrogens is 246 g/mol. The highest BCUT2D eigenvalue weighted by Gasteiger charge is 2.32. The standard InChI is InChI=1S/C14H17NO4/c1-4-19-14(18)12(16)9-5-6-11-10(7-9)8(2)13(17)15(11)3/h5-8,12,16H,4H2,1-3H3. The second kappa shape index (κ2) is 5.01. The van der Waals surface area contributed by atoms with Gasteiger partial charge in [-0.2, -0.15) is 0 Å². The molecule has 1 aromatic rings. The number of esters is 1. The molecule has 1 aromatic carbocycles. The van der Waals surface area contributed by atoms with E-state index in [0.29, 0.717) is 5.56 Å². The van der Waals surface area contributed by atoms with E-state index in [1.165, 1.54) is 0 Å². The highest BCUT2D eigenvalue weighted by molar-refractivity contribution is 6.04. The van der Waals surface area contributed by atoms with Crippen molar-refractivity contribution in [2.75, 3.05) is 18.6 Å². The van der Waals surface area contributed by atoms with Crippen LogP contribution in [0.1, 0.15) is 37.0 Å². The molecular formula is C14H17NO4. The predicted octanol–water partition coefficient (Wildman–Crippen LogP) is 1.36. The van der Waals surface area contributed by atoms with E-state index >= 15 is 0 Å². The SMILES string of the molecule is CCOC(=O)C(O)c1ccc2c(c1)C(C)C(=O)N2C.